The van der Waals surface area contributed by atoms with E-state index in [1.165, 1.54) is 11.8 Å². The fraction of sp³-hybridized carbons (Fsp3) is 0.250. The number of nitrogens with one attached hydrogen (secondary N) is 1. The minimum absolute atomic E-state index is 0.0546. The Morgan fingerprint density at radius 1 is 1.07 bits per heavy atom. The van der Waals surface area contributed by atoms with Gasteiger partial charge in [0, 0.05) is 16.5 Å². The number of carbonyl (C=O) groups is 2. The SMILES string of the molecule is O=C(Cn1c2ccccc2c(=O)c2ccccc21)NC1(C(=O)O)CCSC1. The Labute approximate surface area is 159 Å². The predicted octanol–water partition coefficient (Wildman–Crippen LogP) is 2.23. The summed E-state index contributed by atoms with van der Waals surface area (Å²) in [6.45, 7) is -0.0546. The van der Waals surface area contributed by atoms with Crippen molar-refractivity contribution in [3.63, 3.8) is 0 Å². The van der Waals surface area contributed by atoms with Crippen LogP contribution in [-0.2, 0) is 16.1 Å². The molecule has 1 atom stereocenters. The lowest BCUT2D eigenvalue weighted by Gasteiger charge is -2.25. The summed E-state index contributed by atoms with van der Waals surface area (Å²) < 4.78 is 1.78. The summed E-state index contributed by atoms with van der Waals surface area (Å²) >= 11 is 1.52. The van der Waals surface area contributed by atoms with Gasteiger partial charge in [-0.3, -0.25) is 9.59 Å². The van der Waals surface area contributed by atoms with Crippen LogP contribution in [0.25, 0.3) is 21.8 Å². The number of carboxylic acids is 1. The highest BCUT2D eigenvalue weighted by Crippen LogP contribution is 2.28. The average molecular weight is 382 g/mol. The maximum absolute atomic E-state index is 12.8. The number of para-hydroxylation sites is 2. The molecule has 1 unspecified atom stereocenters. The fourth-order valence-electron chi connectivity index (χ4n) is 3.58. The molecule has 3 aromatic rings. The first-order valence-corrected chi connectivity index (χ1v) is 9.80. The predicted molar refractivity (Wildman–Crippen MR) is 106 cm³/mol. The van der Waals surface area contributed by atoms with Gasteiger partial charge in [-0.1, -0.05) is 24.3 Å². The van der Waals surface area contributed by atoms with Gasteiger partial charge in [0.15, 0.2) is 5.43 Å². The van der Waals surface area contributed by atoms with Gasteiger partial charge in [0.05, 0.1) is 11.0 Å². The number of aromatic nitrogens is 1. The van der Waals surface area contributed by atoms with E-state index < -0.39 is 11.5 Å². The average Bonchev–Trinajstić information content (AvgIpc) is 3.15. The van der Waals surface area contributed by atoms with Gasteiger partial charge in [0.1, 0.15) is 12.1 Å². The summed E-state index contributed by atoms with van der Waals surface area (Å²) in [6, 6.07) is 14.3. The van der Waals surface area contributed by atoms with Crippen molar-refractivity contribution in [2.24, 2.45) is 0 Å². The van der Waals surface area contributed by atoms with E-state index in [2.05, 4.69) is 5.32 Å². The van der Waals surface area contributed by atoms with Crippen molar-refractivity contribution < 1.29 is 14.7 Å². The smallest absolute Gasteiger partial charge is 0.330 e. The quantitative estimate of drug-likeness (QED) is 0.676. The van der Waals surface area contributed by atoms with Crippen LogP contribution in [0.3, 0.4) is 0 Å². The molecular weight excluding hydrogens is 364 g/mol. The summed E-state index contributed by atoms with van der Waals surface area (Å²) in [6.07, 6.45) is 0.407. The van der Waals surface area contributed by atoms with Crippen molar-refractivity contribution >= 4 is 45.4 Å². The Kier molecular flexibility index (Phi) is 4.39. The van der Waals surface area contributed by atoms with Gasteiger partial charge in [-0.05, 0) is 36.4 Å². The molecule has 0 spiro atoms. The first-order chi connectivity index (χ1) is 13.0. The molecule has 2 heterocycles. The molecule has 2 aromatic carbocycles. The maximum Gasteiger partial charge on any atom is 0.330 e. The Hall–Kier alpha value is -2.80. The molecule has 2 N–H and O–H groups in total. The molecule has 1 aromatic heterocycles. The maximum atomic E-state index is 12.8. The molecule has 0 bridgehead atoms. The van der Waals surface area contributed by atoms with E-state index in [-0.39, 0.29) is 17.9 Å². The van der Waals surface area contributed by atoms with Gasteiger partial charge in [-0.25, -0.2) is 4.79 Å². The van der Waals surface area contributed by atoms with Gasteiger partial charge in [-0.2, -0.15) is 11.8 Å². The molecule has 1 fully saturated rings. The monoisotopic (exact) mass is 382 g/mol. The number of fused-ring (bicyclic) bond motifs is 2. The minimum atomic E-state index is -1.22. The number of aliphatic carboxylic acids is 1. The van der Waals surface area contributed by atoms with Crippen LogP contribution in [-0.4, -0.2) is 38.6 Å². The van der Waals surface area contributed by atoms with Crippen LogP contribution in [0.2, 0.25) is 0 Å². The number of amides is 1. The van der Waals surface area contributed by atoms with E-state index in [9.17, 15) is 19.5 Å². The van der Waals surface area contributed by atoms with Gasteiger partial charge in [-0.15, -0.1) is 0 Å². The zero-order valence-corrected chi connectivity index (χ0v) is 15.3. The number of carboxylic acid groups (broad SMARTS) is 1. The third-order valence-corrected chi connectivity index (χ3v) is 6.18. The summed E-state index contributed by atoms with van der Waals surface area (Å²) in [4.78, 5) is 37.2. The number of carbonyl (C=O) groups excluding carboxylic acids is 1. The highest BCUT2D eigenvalue weighted by molar-refractivity contribution is 7.99. The van der Waals surface area contributed by atoms with Crippen LogP contribution in [0.4, 0.5) is 0 Å². The summed E-state index contributed by atoms with van der Waals surface area (Å²) in [5, 5.41) is 13.4. The number of pyridine rings is 1. The largest absolute Gasteiger partial charge is 0.479 e. The second-order valence-corrected chi connectivity index (χ2v) is 7.79. The summed E-state index contributed by atoms with van der Waals surface area (Å²) in [7, 11) is 0. The molecule has 0 aliphatic carbocycles. The molecule has 1 aliphatic rings. The van der Waals surface area contributed by atoms with Crippen molar-refractivity contribution in [3.05, 3.63) is 58.8 Å². The Bertz CT molecular complexity index is 1060. The van der Waals surface area contributed by atoms with Crippen LogP contribution in [0.15, 0.2) is 53.3 Å². The summed E-state index contributed by atoms with van der Waals surface area (Å²) in [5.41, 5.74) is 0.0157. The van der Waals surface area contributed by atoms with Crippen LogP contribution in [0.5, 0.6) is 0 Å². The molecule has 0 saturated carbocycles. The van der Waals surface area contributed by atoms with E-state index >= 15 is 0 Å². The highest BCUT2D eigenvalue weighted by Gasteiger charge is 2.43. The molecule has 27 heavy (non-hydrogen) atoms. The lowest BCUT2D eigenvalue weighted by atomic mass is 9.99. The lowest BCUT2D eigenvalue weighted by Crippen LogP contribution is -2.55. The Morgan fingerprint density at radius 2 is 1.67 bits per heavy atom. The third-order valence-electron chi connectivity index (χ3n) is 4.99. The molecule has 1 saturated heterocycles. The molecule has 1 aliphatic heterocycles. The van der Waals surface area contributed by atoms with E-state index in [0.29, 0.717) is 39.7 Å². The van der Waals surface area contributed by atoms with E-state index in [1.807, 2.05) is 12.1 Å². The second-order valence-electron chi connectivity index (χ2n) is 6.69. The number of rotatable bonds is 4. The Balaban J connectivity index is 1.79. The number of nitrogens with zero attached hydrogens (tertiary/aromatic N) is 1. The first kappa shape index (κ1) is 17.6. The fourth-order valence-corrected chi connectivity index (χ4v) is 4.91. The van der Waals surface area contributed by atoms with Crippen LogP contribution in [0.1, 0.15) is 6.42 Å². The van der Waals surface area contributed by atoms with Gasteiger partial charge < -0.3 is 15.0 Å². The minimum Gasteiger partial charge on any atom is -0.479 e. The van der Waals surface area contributed by atoms with Crippen molar-refractivity contribution in [3.8, 4) is 0 Å². The first-order valence-electron chi connectivity index (χ1n) is 8.64. The summed E-state index contributed by atoms with van der Waals surface area (Å²) in [5.74, 6) is -0.315. The van der Waals surface area contributed by atoms with Crippen LogP contribution < -0.4 is 10.7 Å². The van der Waals surface area contributed by atoms with Crippen molar-refractivity contribution in [1.82, 2.24) is 9.88 Å². The van der Waals surface area contributed by atoms with Gasteiger partial charge >= 0.3 is 5.97 Å². The van der Waals surface area contributed by atoms with Gasteiger partial charge in [0.2, 0.25) is 5.91 Å². The molecule has 1 amide bonds. The number of benzene rings is 2. The number of hydrogen-bond acceptors (Lipinski definition) is 4. The molecule has 4 rings (SSSR count). The molecule has 138 valence electrons. The molecule has 6 nitrogen and oxygen atoms in total. The lowest BCUT2D eigenvalue weighted by molar-refractivity contribution is -0.146. The molecular formula is C20H18N2O4S. The van der Waals surface area contributed by atoms with E-state index in [4.69, 9.17) is 0 Å². The zero-order valence-electron chi connectivity index (χ0n) is 14.5. The third kappa shape index (κ3) is 2.98. The topological polar surface area (TPSA) is 88.4 Å². The van der Waals surface area contributed by atoms with Crippen molar-refractivity contribution in [1.29, 1.82) is 0 Å². The van der Waals surface area contributed by atoms with Gasteiger partial charge in [0.25, 0.3) is 0 Å². The zero-order chi connectivity index (χ0) is 19.0. The molecule has 7 heteroatoms. The standard InChI is InChI=1S/C20H18N2O4S/c23-17(21-20(19(25)26)9-10-27-12-20)11-22-15-7-3-1-5-13(15)18(24)14-6-2-4-8-16(14)22/h1-8H,9-12H2,(H,21,23)(H,25,26). The van der Waals surface area contributed by atoms with E-state index in [1.54, 1.807) is 41.0 Å². The highest BCUT2D eigenvalue weighted by atomic mass is 32.2. The van der Waals surface area contributed by atoms with Crippen LogP contribution in [0, 0.1) is 0 Å². The van der Waals surface area contributed by atoms with Crippen molar-refractivity contribution in [2.75, 3.05) is 11.5 Å². The van der Waals surface area contributed by atoms with Crippen molar-refractivity contribution in [2.45, 2.75) is 18.5 Å². The van der Waals surface area contributed by atoms with E-state index in [0.717, 1.165) is 0 Å². The normalized spacial score (nSPS) is 19.4. The Morgan fingerprint density at radius 3 is 2.19 bits per heavy atom. The number of hydrogen-bond donors (Lipinski definition) is 2. The number of thioether (sulfide) groups is 1. The molecule has 0 radical (unpaired) electrons. The van der Waals surface area contributed by atoms with Crippen LogP contribution >= 0.6 is 11.8 Å². The second kappa shape index (κ2) is 6.74.